The molecule has 1 nitrogen and oxygen atoms in total. The molecule has 2 aliphatic carbocycles. The normalized spacial score (nSPS) is 33.5. The lowest BCUT2D eigenvalue weighted by Gasteiger charge is -2.39. The van der Waals surface area contributed by atoms with Gasteiger partial charge in [0.2, 0.25) is 0 Å². The molecule has 1 heteroatoms. The summed E-state index contributed by atoms with van der Waals surface area (Å²) in [7, 11) is 0. The Balaban J connectivity index is 2.44. The maximum atomic E-state index is 11.3. The van der Waals surface area contributed by atoms with E-state index in [2.05, 4.69) is 19.9 Å². The zero-order chi connectivity index (χ0) is 9.47. The minimum absolute atomic E-state index is 0.214. The number of rotatable bonds is 0. The van der Waals surface area contributed by atoms with Gasteiger partial charge >= 0.3 is 0 Å². The summed E-state index contributed by atoms with van der Waals surface area (Å²) < 4.78 is 0. The molecule has 0 aromatic carbocycles. The fourth-order valence-electron chi connectivity index (χ4n) is 2.43. The smallest absolute Gasteiger partial charge is 0.155 e. The Bertz CT molecular complexity index is 309. The molecular formula is C12H16O. The summed E-state index contributed by atoms with van der Waals surface area (Å²) in [5.74, 6) is 0.321. The Morgan fingerprint density at radius 3 is 2.92 bits per heavy atom. The highest BCUT2D eigenvalue weighted by molar-refractivity contribution is 5.91. The van der Waals surface area contributed by atoms with Crippen molar-refractivity contribution in [1.29, 1.82) is 0 Å². The third kappa shape index (κ3) is 1.27. The summed E-state index contributed by atoms with van der Waals surface area (Å²) in [6.07, 6.45) is 8.15. The first-order valence-electron chi connectivity index (χ1n) is 5.04. The summed E-state index contributed by atoms with van der Waals surface area (Å²) in [4.78, 5) is 11.3. The lowest BCUT2D eigenvalue weighted by atomic mass is 9.65. The van der Waals surface area contributed by atoms with Crippen LogP contribution < -0.4 is 0 Å². The number of ketones is 1. The summed E-state index contributed by atoms with van der Waals surface area (Å²) in [6.45, 7) is 4.47. The van der Waals surface area contributed by atoms with E-state index in [1.807, 2.05) is 6.08 Å². The van der Waals surface area contributed by atoms with Crippen molar-refractivity contribution in [2.75, 3.05) is 0 Å². The number of hydrogen-bond donors (Lipinski definition) is 0. The van der Waals surface area contributed by atoms with E-state index in [-0.39, 0.29) is 5.41 Å². The molecule has 0 saturated heterocycles. The first-order valence-corrected chi connectivity index (χ1v) is 5.04. The van der Waals surface area contributed by atoms with Crippen LogP contribution in [0.3, 0.4) is 0 Å². The van der Waals surface area contributed by atoms with E-state index < -0.39 is 0 Å². The Kier molecular flexibility index (Phi) is 1.90. The van der Waals surface area contributed by atoms with E-state index in [1.165, 1.54) is 11.1 Å². The molecule has 0 bridgehead atoms. The van der Waals surface area contributed by atoms with Gasteiger partial charge in [-0.2, -0.15) is 0 Å². The van der Waals surface area contributed by atoms with Gasteiger partial charge in [0.15, 0.2) is 5.78 Å². The van der Waals surface area contributed by atoms with E-state index >= 15 is 0 Å². The Hall–Kier alpha value is -0.850. The van der Waals surface area contributed by atoms with Crippen LogP contribution in [0.1, 0.15) is 39.5 Å². The van der Waals surface area contributed by atoms with Crippen molar-refractivity contribution in [2.24, 2.45) is 5.41 Å². The van der Waals surface area contributed by atoms with Gasteiger partial charge in [0.25, 0.3) is 0 Å². The van der Waals surface area contributed by atoms with Crippen LogP contribution in [0, 0.1) is 5.41 Å². The number of carbonyl (C=O) groups is 1. The quantitative estimate of drug-likeness (QED) is 0.518. The zero-order valence-corrected chi connectivity index (χ0v) is 8.39. The average molecular weight is 176 g/mol. The van der Waals surface area contributed by atoms with Crippen molar-refractivity contribution >= 4 is 5.78 Å². The molecule has 0 unspecified atom stereocenters. The number of hydrogen-bond acceptors (Lipinski definition) is 1. The third-order valence-electron chi connectivity index (χ3n) is 3.65. The van der Waals surface area contributed by atoms with E-state index in [1.54, 1.807) is 0 Å². The van der Waals surface area contributed by atoms with Crippen LogP contribution in [0.4, 0.5) is 0 Å². The summed E-state index contributed by atoms with van der Waals surface area (Å²) in [5, 5.41) is 0. The number of allylic oxidation sites excluding steroid dienone is 4. The second-order valence-electron chi connectivity index (χ2n) is 4.39. The molecule has 0 saturated carbocycles. The van der Waals surface area contributed by atoms with Crippen LogP contribution in [0.25, 0.3) is 0 Å². The lowest BCUT2D eigenvalue weighted by Crippen LogP contribution is -2.28. The monoisotopic (exact) mass is 176 g/mol. The van der Waals surface area contributed by atoms with Crippen molar-refractivity contribution in [2.45, 2.75) is 39.5 Å². The Morgan fingerprint density at radius 2 is 2.15 bits per heavy atom. The largest absolute Gasteiger partial charge is 0.295 e. The van der Waals surface area contributed by atoms with Gasteiger partial charge in [-0.3, -0.25) is 4.79 Å². The van der Waals surface area contributed by atoms with Crippen LogP contribution in [-0.4, -0.2) is 5.78 Å². The highest BCUT2D eigenvalue weighted by Gasteiger charge is 2.35. The molecule has 0 N–H and O–H groups in total. The topological polar surface area (TPSA) is 17.1 Å². The van der Waals surface area contributed by atoms with Gasteiger partial charge in [0, 0.05) is 11.8 Å². The highest BCUT2D eigenvalue weighted by atomic mass is 16.1. The van der Waals surface area contributed by atoms with E-state index in [4.69, 9.17) is 0 Å². The van der Waals surface area contributed by atoms with Gasteiger partial charge in [-0.25, -0.2) is 0 Å². The summed E-state index contributed by atoms with van der Waals surface area (Å²) in [5.41, 5.74) is 3.04. The van der Waals surface area contributed by atoms with Crippen molar-refractivity contribution in [1.82, 2.24) is 0 Å². The Morgan fingerprint density at radius 1 is 1.38 bits per heavy atom. The van der Waals surface area contributed by atoms with Crippen molar-refractivity contribution in [3.05, 3.63) is 23.3 Å². The van der Waals surface area contributed by atoms with Crippen molar-refractivity contribution in [3.8, 4) is 0 Å². The maximum Gasteiger partial charge on any atom is 0.155 e. The van der Waals surface area contributed by atoms with Crippen LogP contribution in [0.5, 0.6) is 0 Å². The molecule has 13 heavy (non-hydrogen) atoms. The standard InChI is InChI=1S/C12H16O/c1-9-4-3-5-10-8-11(13)6-7-12(9,10)2/h4,8H,3,5-7H2,1-2H3/t12-/m1/s1. The molecule has 0 aromatic rings. The van der Waals surface area contributed by atoms with Crippen LogP contribution >= 0.6 is 0 Å². The predicted molar refractivity (Wildman–Crippen MR) is 53.4 cm³/mol. The fourth-order valence-corrected chi connectivity index (χ4v) is 2.43. The predicted octanol–water partition coefficient (Wildman–Crippen LogP) is 3.02. The van der Waals surface area contributed by atoms with Gasteiger partial charge in [-0.15, -0.1) is 0 Å². The number of fused-ring (bicyclic) bond motifs is 1. The second kappa shape index (κ2) is 2.83. The molecule has 0 heterocycles. The molecule has 0 aliphatic heterocycles. The highest BCUT2D eigenvalue weighted by Crippen LogP contribution is 2.47. The molecule has 2 rings (SSSR count). The van der Waals surface area contributed by atoms with E-state index in [0.717, 1.165) is 25.7 Å². The summed E-state index contributed by atoms with van der Waals surface area (Å²) in [6, 6.07) is 0. The van der Waals surface area contributed by atoms with E-state index in [9.17, 15) is 4.79 Å². The minimum Gasteiger partial charge on any atom is -0.295 e. The average Bonchev–Trinajstić information content (AvgIpc) is 2.09. The van der Waals surface area contributed by atoms with Gasteiger partial charge in [0.05, 0.1) is 0 Å². The number of carbonyl (C=O) groups excluding carboxylic acids is 1. The van der Waals surface area contributed by atoms with Gasteiger partial charge < -0.3 is 0 Å². The molecule has 0 spiro atoms. The van der Waals surface area contributed by atoms with Crippen LogP contribution in [-0.2, 0) is 4.79 Å². The van der Waals surface area contributed by atoms with Crippen molar-refractivity contribution in [3.63, 3.8) is 0 Å². The molecule has 0 amide bonds. The van der Waals surface area contributed by atoms with Gasteiger partial charge in [-0.05, 0) is 32.3 Å². The molecule has 1 atom stereocenters. The van der Waals surface area contributed by atoms with Crippen LogP contribution in [0.2, 0.25) is 0 Å². The maximum absolute atomic E-state index is 11.3. The molecule has 70 valence electrons. The second-order valence-corrected chi connectivity index (χ2v) is 4.39. The first kappa shape index (κ1) is 8.74. The Labute approximate surface area is 79.5 Å². The van der Waals surface area contributed by atoms with Crippen molar-refractivity contribution < 1.29 is 4.79 Å². The fraction of sp³-hybridized carbons (Fsp3) is 0.583. The third-order valence-corrected chi connectivity index (χ3v) is 3.65. The van der Waals surface area contributed by atoms with E-state index in [0.29, 0.717) is 5.78 Å². The van der Waals surface area contributed by atoms with Gasteiger partial charge in [-0.1, -0.05) is 24.1 Å². The molecule has 0 fully saturated rings. The zero-order valence-electron chi connectivity index (χ0n) is 8.39. The SMILES string of the molecule is CC1=CCCC2=CC(=O)CC[C@]12C. The minimum atomic E-state index is 0.214. The first-order chi connectivity index (χ1) is 6.13. The summed E-state index contributed by atoms with van der Waals surface area (Å²) >= 11 is 0. The van der Waals surface area contributed by atoms with Crippen LogP contribution in [0.15, 0.2) is 23.3 Å². The molecular weight excluding hydrogens is 160 g/mol. The lowest BCUT2D eigenvalue weighted by molar-refractivity contribution is -0.115. The molecule has 2 aliphatic rings. The molecule has 0 aromatic heterocycles. The molecule has 0 radical (unpaired) electrons. The van der Waals surface area contributed by atoms with Gasteiger partial charge in [0.1, 0.15) is 0 Å².